The molecule has 1 unspecified atom stereocenters. The van der Waals surface area contributed by atoms with Crippen molar-refractivity contribution in [2.45, 2.75) is 32.2 Å². The van der Waals surface area contributed by atoms with Gasteiger partial charge in [0.05, 0.1) is 6.04 Å². The van der Waals surface area contributed by atoms with Gasteiger partial charge in [0.2, 0.25) is 12.7 Å². The van der Waals surface area contributed by atoms with Gasteiger partial charge < -0.3 is 19.7 Å². The van der Waals surface area contributed by atoms with Crippen LogP contribution in [0.2, 0.25) is 0 Å². The Hall–Kier alpha value is -1.75. The predicted octanol–water partition coefficient (Wildman–Crippen LogP) is 2.32. The van der Waals surface area contributed by atoms with E-state index in [0.29, 0.717) is 13.0 Å². The van der Waals surface area contributed by atoms with Crippen molar-refractivity contribution in [3.8, 4) is 11.5 Å². The van der Waals surface area contributed by atoms with E-state index in [1.807, 2.05) is 32.3 Å². The molecule has 21 heavy (non-hydrogen) atoms. The number of ether oxygens (including phenoxy) is 2. The van der Waals surface area contributed by atoms with Crippen LogP contribution in [0.4, 0.5) is 0 Å². The topological polar surface area (TPSA) is 50.8 Å². The molecule has 5 nitrogen and oxygen atoms in total. The minimum Gasteiger partial charge on any atom is -0.454 e. The molecule has 0 radical (unpaired) electrons. The van der Waals surface area contributed by atoms with Gasteiger partial charge in [-0.1, -0.05) is 19.4 Å². The number of nitrogens with zero attached hydrogens (tertiary/aromatic N) is 1. The number of hydrogen-bond acceptors (Lipinski definition) is 4. The fourth-order valence-corrected chi connectivity index (χ4v) is 2.36. The molecule has 5 heteroatoms. The molecular formula is C16H24N2O3. The van der Waals surface area contributed by atoms with Crippen molar-refractivity contribution in [1.82, 2.24) is 10.2 Å². The molecule has 1 aliphatic rings. The molecule has 0 aliphatic carbocycles. The Labute approximate surface area is 126 Å². The Morgan fingerprint density at radius 3 is 2.81 bits per heavy atom. The lowest BCUT2D eigenvalue weighted by Gasteiger charge is -2.25. The number of rotatable bonds is 7. The third-order valence-electron chi connectivity index (χ3n) is 3.65. The van der Waals surface area contributed by atoms with E-state index in [1.54, 1.807) is 0 Å². The maximum atomic E-state index is 11.8. The van der Waals surface area contributed by atoms with Gasteiger partial charge in [0.1, 0.15) is 0 Å². The highest BCUT2D eigenvalue weighted by atomic mass is 16.7. The van der Waals surface area contributed by atoms with Crippen molar-refractivity contribution in [3.63, 3.8) is 0 Å². The molecule has 0 spiro atoms. The summed E-state index contributed by atoms with van der Waals surface area (Å²) in [7, 11) is 4.01. The highest BCUT2D eigenvalue weighted by molar-refractivity contribution is 5.75. The fraction of sp³-hybridized carbons (Fsp3) is 0.562. The lowest BCUT2D eigenvalue weighted by Crippen LogP contribution is -2.34. The molecule has 1 amide bonds. The van der Waals surface area contributed by atoms with Crippen LogP contribution in [-0.2, 0) is 4.79 Å². The molecule has 1 aliphatic heterocycles. The summed E-state index contributed by atoms with van der Waals surface area (Å²) in [6, 6.07) is 6.05. The Morgan fingerprint density at radius 1 is 1.33 bits per heavy atom. The van der Waals surface area contributed by atoms with Crippen molar-refractivity contribution in [2.24, 2.45) is 0 Å². The van der Waals surface area contributed by atoms with Crippen molar-refractivity contribution in [3.05, 3.63) is 23.8 Å². The van der Waals surface area contributed by atoms with Crippen LogP contribution >= 0.6 is 0 Å². The lowest BCUT2D eigenvalue weighted by molar-refractivity contribution is -0.121. The van der Waals surface area contributed by atoms with Crippen molar-refractivity contribution in [1.29, 1.82) is 0 Å². The molecule has 0 saturated heterocycles. The fourth-order valence-electron chi connectivity index (χ4n) is 2.36. The molecule has 0 bridgehead atoms. The van der Waals surface area contributed by atoms with Crippen molar-refractivity contribution < 1.29 is 14.3 Å². The number of likely N-dealkylation sites (N-methyl/N-ethyl adjacent to an activating group) is 1. The standard InChI is InChI=1S/C16H24N2O3/c1-4-5-6-16(19)17-10-13(18(2)3)12-7-8-14-15(9-12)21-11-20-14/h7-9,13H,4-6,10-11H2,1-3H3,(H,17,19). The van der Waals surface area contributed by atoms with Gasteiger partial charge >= 0.3 is 0 Å². The van der Waals surface area contributed by atoms with Gasteiger partial charge in [0.15, 0.2) is 11.5 Å². The molecule has 0 saturated carbocycles. The molecule has 116 valence electrons. The third-order valence-corrected chi connectivity index (χ3v) is 3.65. The molecule has 1 heterocycles. The highest BCUT2D eigenvalue weighted by Crippen LogP contribution is 2.34. The zero-order valence-electron chi connectivity index (χ0n) is 13.0. The average Bonchev–Trinajstić information content (AvgIpc) is 2.92. The zero-order valence-corrected chi connectivity index (χ0v) is 13.0. The number of benzene rings is 1. The second-order valence-corrected chi connectivity index (χ2v) is 5.50. The van der Waals surface area contributed by atoms with E-state index in [0.717, 1.165) is 29.9 Å². The van der Waals surface area contributed by atoms with Crippen LogP contribution in [0, 0.1) is 0 Å². The molecule has 0 fully saturated rings. The van der Waals surface area contributed by atoms with E-state index in [-0.39, 0.29) is 18.7 Å². The van der Waals surface area contributed by atoms with Gasteiger partial charge in [-0.2, -0.15) is 0 Å². The Balaban J connectivity index is 2.00. The summed E-state index contributed by atoms with van der Waals surface area (Å²) >= 11 is 0. The second-order valence-electron chi connectivity index (χ2n) is 5.50. The summed E-state index contributed by atoms with van der Waals surface area (Å²) in [5.74, 6) is 1.67. The summed E-state index contributed by atoms with van der Waals surface area (Å²) in [5, 5.41) is 3.01. The van der Waals surface area contributed by atoms with Gasteiger partial charge in [-0.15, -0.1) is 0 Å². The monoisotopic (exact) mass is 292 g/mol. The van der Waals surface area contributed by atoms with E-state index in [9.17, 15) is 4.79 Å². The quantitative estimate of drug-likeness (QED) is 0.838. The average molecular weight is 292 g/mol. The number of carbonyl (C=O) groups excluding carboxylic acids is 1. The minimum absolute atomic E-state index is 0.115. The summed E-state index contributed by atoms with van der Waals surface area (Å²) in [4.78, 5) is 13.9. The number of amides is 1. The minimum atomic E-state index is 0.115. The van der Waals surface area contributed by atoms with E-state index in [1.165, 1.54) is 0 Å². The SMILES string of the molecule is CCCCC(=O)NCC(c1ccc2c(c1)OCO2)N(C)C. The Morgan fingerprint density at radius 2 is 2.10 bits per heavy atom. The summed E-state index contributed by atoms with van der Waals surface area (Å²) in [6.07, 6.45) is 2.56. The van der Waals surface area contributed by atoms with Gasteiger partial charge in [-0.05, 0) is 38.2 Å². The lowest BCUT2D eigenvalue weighted by atomic mass is 10.0. The molecule has 1 aromatic rings. The van der Waals surface area contributed by atoms with Crippen LogP contribution in [0.5, 0.6) is 11.5 Å². The zero-order chi connectivity index (χ0) is 15.2. The van der Waals surface area contributed by atoms with Gasteiger partial charge in [0.25, 0.3) is 0 Å². The second kappa shape index (κ2) is 7.31. The number of hydrogen-bond donors (Lipinski definition) is 1. The number of unbranched alkanes of at least 4 members (excludes halogenated alkanes) is 1. The van der Waals surface area contributed by atoms with Gasteiger partial charge in [0, 0.05) is 13.0 Å². The van der Waals surface area contributed by atoms with Crippen LogP contribution in [0.1, 0.15) is 37.8 Å². The number of nitrogens with one attached hydrogen (secondary N) is 1. The third kappa shape index (κ3) is 4.11. The summed E-state index contributed by atoms with van der Waals surface area (Å²) < 4.78 is 10.8. The molecule has 1 atom stereocenters. The van der Waals surface area contributed by atoms with Crippen molar-refractivity contribution in [2.75, 3.05) is 27.4 Å². The maximum Gasteiger partial charge on any atom is 0.231 e. The first kappa shape index (κ1) is 15.6. The van der Waals surface area contributed by atoms with E-state index in [2.05, 4.69) is 17.1 Å². The van der Waals surface area contributed by atoms with Crippen molar-refractivity contribution >= 4 is 5.91 Å². The first-order valence-electron chi connectivity index (χ1n) is 7.44. The molecule has 0 aromatic heterocycles. The number of carbonyl (C=O) groups is 1. The first-order valence-corrected chi connectivity index (χ1v) is 7.44. The predicted molar refractivity (Wildman–Crippen MR) is 81.5 cm³/mol. The van der Waals surface area contributed by atoms with Gasteiger partial charge in [-0.3, -0.25) is 4.79 Å². The number of fused-ring (bicyclic) bond motifs is 1. The Kier molecular flexibility index (Phi) is 5.44. The molecule has 2 rings (SSSR count). The summed E-state index contributed by atoms with van der Waals surface area (Å²) in [6.45, 7) is 2.96. The van der Waals surface area contributed by atoms with Crippen LogP contribution in [0.25, 0.3) is 0 Å². The molecular weight excluding hydrogens is 268 g/mol. The summed E-state index contributed by atoms with van der Waals surface area (Å²) in [5.41, 5.74) is 1.11. The highest BCUT2D eigenvalue weighted by Gasteiger charge is 2.20. The van der Waals surface area contributed by atoms with Crippen LogP contribution in [-0.4, -0.2) is 38.2 Å². The van der Waals surface area contributed by atoms with Crippen LogP contribution in [0.3, 0.4) is 0 Å². The maximum absolute atomic E-state index is 11.8. The Bertz CT molecular complexity index is 488. The normalized spacial score (nSPS) is 14.3. The first-order chi connectivity index (χ1) is 10.1. The molecule has 1 aromatic carbocycles. The van der Waals surface area contributed by atoms with Crippen LogP contribution < -0.4 is 14.8 Å². The van der Waals surface area contributed by atoms with E-state index < -0.39 is 0 Å². The van der Waals surface area contributed by atoms with E-state index in [4.69, 9.17) is 9.47 Å². The van der Waals surface area contributed by atoms with Crippen LogP contribution in [0.15, 0.2) is 18.2 Å². The van der Waals surface area contributed by atoms with Gasteiger partial charge in [-0.25, -0.2) is 0 Å². The largest absolute Gasteiger partial charge is 0.454 e. The van der Waals surface area contributed by atoms with E-state index >= 15 is 0 Å². The smallest absolute Gasteiger partial charge is 0.231 e. The molecule has 1 N–H and O–H groups in total.